The number of guanidine groups is 1. The number of hydrogen-bond acceptors (Lipinski definition) is 12. The Morgan fingerprint density at radius 2 is 1.12 bits per heavy atom. The Morgan fingerprint density at radius 1 is 0.691 bits per heavy atom. The number of carbonyl (C=O) groups is 1. The first kappa shape index (κ1) is 63.1. The molecule has 18 heteroatoms. The van der Waals surface area contributed by atoms with Gasteiger partial charge in [0.2, 0.25) is 5.95 Å². The second-order valence-electron chi connectivity index (χ2n) is 13.0. The molecule has 14 nitrogen and oxygen atoms in total. The van der Waals surface area contributed by atoms with Gasteiger partial charge in [-0.3, -0.25) is 10.2 Å². The molecular formula is C50H60Cl4N10O4. The molecule has 4 aromatic carbocycles. The fourth-order valence-corrected chi connectivity index (χ4v) is 5.61. The number of anilines is 2. The number of halogens is 4. The van der Waals surface area contributed by atoms with Crippen LogP contribution >= 0.6 is 46.4 Å². The van der Waals surface area contributed by atoms with Crippen LogP contribution in [0.15, 0.2) is 109 Å². The number of nitrogens with zero attached hydrogens (tertiary/aromatic N) is 5. The van der Waals surface area contributed by atoms with Gasteiger partial charge in [0.15, 0.2) is 5.96 Å². The molecule has 68 heavy (non-hydrogen) atoms. The topological polar surface area (TPSA) is 281 Å². The highest BCUT2D eigenvalue weighted by Gasteiger charge is 2.12. The van der Waals surface area contributed by atoms with E-state index in [2.05, 4.69) is 38.3 Å². The molecule has 0 saturated carbocycles. The van der Waals surface area contributed by atoms with Crippen LogP contribution in [-0.4, -0.2) is 40.7 Å². The number of methoxy groups -OCH3 is 1. The number of aryl methyl sites for hydroxylation is 1. The molecule has 1 heterocycles. The SMILES string of the molecule is C.CC/C(O)=C(/C#N)c1ccc(Cl)cc1.CC/C(OC)=C(/C#N)c1ccc(Cl)cc1.CCOC(=O)CC.CCc1nc(N)nc(N)c1-c1ccc(Cl)cc1.N#CCc1ccc(Cl)cc1.N=C(N)N. The number of nitrogen functional groups attached to an aromatic ring is 2. The number of hydrogen-bond donors (Lipinski definition) is 6. The van der Waals surface area contributed by atoms with Crippen molar-refractivity contribution in [1.82, 2.24) is 9.97 Å². The fraction of sp³-hybridized carbons (Fsp3) is 0.260. The lowest BCUT2D eigenvalue weighted by atomic mass is 10.0. The van der Waals surface area contributed by atoms with Gasteiger partial charge in [0, 0.05) is 44.9 Å². The number of nitrogens with two attached hydrogens (primary N) is 4. The molecule has 0 unspecified atom stereocenters. The number of aliphatic hydroxyl groups excluding tert-OH is 1. The van der Waals surface area contributed by atoms with Gasteiger partial charge in [-0.25, -0.2) is 4.98 Å². The number of rotatable bonds is 10. The van der Waals surface area contributed by atoms with Gasteiger partial charge in [0.05, 0.1) is 43.0 Å². The summed E-state index contributed by atoms with van der Waals surface area (Å²) in [6.07, 6.45) is 2.83. The molecule has 0 radical (unpaired) electrons. The summed E-state index contributed by atoms with van der Waals surface area (Å²) in [5.41, 5.74) is 26.5. The number of carbonyl (C=O) groups excluding carboxylic acids is 1. The molecule has 0 aliphatic heterocycles. The lowest BCUT2D eigenvalue weighted by molar-refractivity contribution is -0.142. The molecule has 0 amide bonds. The van der Waals surface area contributed by atoms with Crippen LogP contribution in [-0.2, 0) is 27.1 Å². The Kier molecular flexibility index (Phi) is 33.6. The van der Waals surface area contributed by atoms with Crippen molar-refractivity contribution in [2.45, 2.75) is 74.1 Å². The first-order valence-electron chi connectivity index (χ1n) is 20.5. The predicted octanol–water partition coefficient (Wildman–Crippen LogP) is 12.5. The Hall–Kier alpha value is -6.99. The summed E-state index contributed by atoms with van der Waals surface area (Å²) in [7, 11) is 1.58. The van der Waals surface area contributed by atoms with Crippen molar-refractivity contribution in [2.24, 2.45) is 11.5 Å². The third-order valence-corrected chi connectivity index (χ3v) is 9.25. The van der Waals surface area contributed by atoms with Crippen LogP contribution in [0.4, 0.5) is 11.8 Å². The smallest absolute Gasteiger partial charge is 0.305 e. The lowest BCUT2D eigenvalue weighted by Gasteiger charge is -2.10. The van der Waals surface area contributed by atoms with Crippen LogP contribution in [0.25, 0.3) is 22.3 Å². The summed E-state index contributed by atoms with van der Waals surface area (Å²) in [4.78, 5) is 18.4. The maximum atomic E-state index is 10.2. The third-order valence-electron chi connectivity index (χ3n) is 8.25. The summed E-state index contributed by atoms with van der Waals surface area (Å²) < 4.78 is 9.71. The number of aliphatic hydroxyl groups is 1. The average molecular weight is 1010 g/mol. The highest BCUT2D eigenvalue weighted by Crippen LogP contribution is 2.29. The first-order chi connectivity index (χ1) is 31.9. The molecule has 0 aliphatic carbocycles. The van der Waals surface area contributed by atoms with Crippen LogP contribution in [0, 0.1) is 39.4 Å². The van der Waals surface area contributed by atoms with E-state index in [1.54, 1.807) is 76.4 Å². The molecule has 362 valence electrons. The van der Waals surface area contributed by atoms with Gasteiger partial charge in [-0.2, -0.15) is 20.8 Å². The molecule has 0 bridgehead atoms. The third kappa shape index (κ3) is 25.1. The summed E-state index contributed by atoms with van der Waals surface area (Å²) in [6.45, 7) is 9.81. The summed E-state index contributed by atoms with van der Waals surface area (Å²) in [5.74, 6) is 0.950. The molecular weight excluding hydrogens is 946 g/mol. The maximum absolute atomic E-state index is 10.2. The van der Waals surface area contributed by atoms with E-state index >= 15 is 0 Å². The molecule has 10 N–H and O–H groups in total. The van der Waals surface area contributed by atoms with Crippen LogP contribution in [0.3, 0.4) is 0 Å². The van der Waals surface area contributed by atoms with Gasteiger partial charge in [0.25, 0.3) is 0 Å². The van der Waals surface area contributed by atoms with Crippen LogP contribution in [0.5, 0.6) is 0 Å². The zero-order valence-electron chi connectivity index (χ0n) is 38.2. The van der Waals surface area contributed by atoms with Gasteiger partial charge >= 0.3 is 5.97 Å². The van der Waals surface area contributed by atoms with Crippen molar-refractivity contribution < 1.29 is 19.4 Å². The number of nitrogens with one attached hydrogen (secondary N) is 1. The normalized spacial score (nSPS) is 10.1. The quantitative estimate of drug-likeness (QED) is 0.0250. The molecule has 0 fully saturated rings. The number of nitriles is 3. The van der Waals surface area contributed by atoms with Gasteiger partial charge in [0.1, 0.15) is 29.5 Å². The predicted molar refractivity (Wildman–Crippen MR) is 279 cm³/mol. The monoisotopic (exact) mass is 1000 g/mol. The maximum Gasteiger partial charge on any atom is 0.305 e. The minimum absolute atomic E-state index is 0. The number of esters is 1. The van der Waals surface area contributed by atoms with Crippen molar-refractivity contribution in [3.05, 3.63) is 151 Å². The van der Waals surface area contributed by atoms with Crippen molar-refractivity contribution in [1.29, 1.82) is 21.2 Å². The minimum atomic E-state index is -0.333. The van der Waals surface area contributed by atoms with E-state index in [9.17, 15) is 9.90 Å². The van der Waals surface area contributed by atoms with Gasteiger partial charge < -0.3 is 37.5 Å². The Balaban J connectivity index is 0. The van der Waals surface area contributed by atoms with Gasteiger partial charge in [-0.1, -0.05) is 130 Å². The van der Waals surface area contributed by atoms with Crippen molar-refractivity contribution in [3.8, 4) is 29.3 Å². The standard InChI is InChI=1S/C12H13ClN4.C12H12ClNO.C11H10ClNO.C8H6ClN.C5H10O2.CH5N3.CH4/c1-2-9-10(11(14)17-12(15)16-9)7-3-5-8(13)6-4-7;1-3-12(15-2)11(8-14)9-4-6-10(13)7-5-9;1-2-11(14)10(7-13)8-3-5-9(12)6-4-8;9-8-3-1-7(2-4-8)5-6-10;1-3-5(6)7-4-2;2-1(3)4;/h3-6H,2H2,1H3,(H4,14,15,16,17);4-7H,3H2,1-2H3;3-6,14H,2H2,1H3;1-4H,5H2;3-4H2,1-2H3;(H5,2,3,4);1H4/b;12-11+;11-10+;;;;. The van der Waals surface area contributed by atoms with Crippen LogP contribution in [0.1, 0.15) is 83.7 Å². The van der Waals surface area contributed by atoms with E-state index in [0.717, 1.165) is 34.4 Å². The zero-order valence-corrected chi connectivity index (χ0v) is 41.2. The second-order valence-corrected chi connectivity index (χ2v) is 14.7. The van der Waals surface area contributed by atoms with E-state index in [1.807, 2.05) is 68.4 Å². The fourth-order valence-electron chi connectivity index (χ4n) is 5.11. The Bertz CT molecular complexity index is 2470. The number of ether oxygens (including phenoxy) is 2. The summed E-state index contributed by atoms with van der Waals surface area (Å²) in [5, 5.41) is 44.4. The van der Waals surface area contributed by atoms with Gasteiger partial charge in [-0.15, -0.1) is 0 Å². The Morgan fingerprint density at radius 3 is 1.46 bits per heavy atom. The highest BCUT2D eigenvalue weighted by molar-refractivity contribution is 6.31. The van der Waals surface area contributed by atoms with E-state index < -0.39 is 0 Å². The van der Waals surface area contributed by atoms with Crippen molar-refractivity contribution in [3.63, 3.8) is 0 Å². The summed E-state index contributed by atoms with van der Waals surface area (Å²) in [6, 6.07) is 34.8. The van der Waals surface area contributed by atoms with Crippen molar-refractivity contribution in [2.75, 3.05) is 25.2 Å². The molecule has 0 aliphatic rings. The van der Waals surface area contributed by atoms with E-state index in [-0.39, 0.29) is 31.1 Å². The van der Waals surface area contributed by atoms with Crippen LogP contribution in [0.2, 0.25) is 20.1 Å². The minimum Gasteiger partial charge on any atom is -0.511 e. The first-order valence-corrected chi connectivity index (χ1v) is 22.0. The number of benzene rings is 4. The largest absolute Gasteiger partial charge is 0.511 e. The molecule has 0 atom stereocenters. The van der Waals surface area contributed by atoms with Crippen molar-refractivity contribution >= 4 is 81.2 Å². The molecule has 0 saturated heterocycles. The molecule has 0 spiro atoms. The molecule has 5 aromatic rings. The molecule has 1 aromatic heterocycles. The van der Waals surface area contributed by atoms with E-state index in [1.165, 1.54) is 0 Å². The average Bonchev–Trinajstić information content (AvgIpc) is 3.31. The summed E-state index contributed by atoms with van der Waals surface area (Å²) >= 11 is 23.0. The highest BCUT2D eigenvalue weighted by atomic mass is 35.5. The number of allylic oxidation sites excluding steroid dienone is 4. The zero-order chi connectivity index (χ0) is 50.9. The Labute approximate surface area is 420 Å². The molecule has 5 rings (SSSR count). The lowest BCUT2D eigenvalue weighted by Crippen LogP contribution is -2.20. The number of aromatic nitrogens is 2. The van der Waals surface area contributed by atoms with E-state index in [0.29, 0.717) is 80.7 Å². The van der Waals surface area contributed by atoms with Crippen LogP contribution < -0.4 is 22.9 Å². The second kappa shape index (κ2) is 36.2. The van der Waals surface area contributed by atoms with Gasteiger partial charge in [-0.05, 0) is 84.1 Å². The van der Waals surface area contributed by atoms with E-state index in [4.69, 9.17) is 83.8 Å².